The lowest BCUT2D eigenvalue weighted by atomic mass is 10.1. The predicted octanol–water partition coefficient (Wildman–Crippen LogP) is 5.74. The number of hydrogen-bond donors (Lipinski definition) is 1. The van der Waals surface area contributed by atoms with Crippen molar-refractivity contribution in [3.63, 3.8) is 0 Å². The Bertz CT molecular complexity index is 855. The fourth-order valence-electron chi connectivity index (χ4n) is 2.40. The van der Waals surface area contributed by atoms with Gasteiger partial charge in [0.1, 0.15) is 11.5 Å². The average molecular weight is 328 g/mol. The molecule has 0 amide bonds. The third-order valence-corrected chi connectivity index (χ3v) is 3.88. The van der Waals surface area contributed by atoms with Crippen LogP contribution < -0.4 is 4.74 Å². The van der Waals surface area contributed by atoms with Crippen molar-refractivity contribution >= 4 is 24.3 Å². The van der Waals surface area contributed by atoms with Gasteiger partial charge in [0.05, 0.1) is 7.11 Å². The molecule has 2 heteroatoms. The Morgan fingerprint density at radius 3 is 1.24 bits per heavy atom. The van der Waals surface area contributed by atoms with Gasteiger partial charge in [-0.3, -0.25) is 0 Å². The molecule has 0 aliphatic carbocycles. The quantitative estimate of drug-likeness (QED) is 0.605. The monoisotopic (exact) mass is 328 g/mol. The molecule has 1 N–H and O–H groups in total. The number of phenolic OH excluding ortho intramolecular Hbond substituents is 1. The number of phenols is 1. The highest BCUT2D eigenvalue weighted by molar-refractivity contribution is 5.73. The Kier molecular flexibility index (Phi) is 5.32. The maximum atomic E-state index is 9.29. The van der Waals surface area contributed by atoms with Crippen molar-refractivity contribution in [1.82, 2.24) is 0 Å². The van der Waals surface area contributed by atoms with E-state index < -0.39 is 0 Å². The third-order valence-electron chi connectivity index (χ3n) is 3.88. The zero-order chi connectivity index (χ0) is 17.5. The summed E-state index contributed by atoms with van der Waals surface area (Å²) < 4.78 is 5.16. The Morgan fingerprint density at radius 2 is 0.880 bits per heavy atom. The molecule has 0 heterocycles. The van der Waals surface area contributed by atoms with Crippen molar-refractivity contribution in [2.24, 2.45) is 0 Å². The van der Waals surface area contributed by atoms with Crippen LogP contribution in [-0.4, -0.2) is 12.2 Å². The molecule has 3 aromatic carbocycles. The molecule has 0 aliphatic heterocycles. The highest BCUT2D eigenvalue weighted by Crippen LogP contribution is 2.16. The molecule has 0 saturated heterocycles. The van der Waals surface area contributed by atoms with E-state index in [-0.39, 0.29) is 5.75 Å². The van der Waals surface area contributed by atoms with Crippen LogP contribution in [0.15, 0.2) is 72.8 Å². The van der Waals surface area contributed by atoms with Crippen LogP contribution in [0.25, 0.3) is 24.3 Å². The fraction of sp³-hybridized carbons (Fsp3) is 0.0435. The van der Waals surface area contributed by atoms with Crippen LogP contribution in [-0.2, 0) is 0 Å². The normalized spacial score (nSPS) is 11.2. The van der Waals surface area contributed by atoms with Crippen LogP contribution in [0.1, 0.15) is 22.3 Å². The Morgan fingerprint density at radius 1 is 0.560 bits per heavy atom. The standard InChI is InChI=1S/C23H20O2/c1-25-23-16-12-21(13-17-23)9-7-19-4-2-18(3-5-19)6-8-20-10-14-22(24)15-11-20/h2-17,24H,1H3. The minimum Gasteiger partial charge on any atom is -0.508 e. The van der Waals surface area contributed by atoms with Crippen molar-refractivity contribution in [3.8, 4) is 11.5 Å². The molecule has 0 radical (unpaired) electrons. The number of methoxy groups -OCH3 is 1. The van der Waals surface area contributed by atoms with Crippen molar-refractivity contribution in [1.29, 1.82) is 0 Å². The molecule has 0 fully saturated rings. The summed E-state index contributed by atoms with van der Waals surface area (Å²) in [6.45, 7) is 0. The molecule has 0 spiro atoms. The molecule has 0 unspecified atom stereocenters. The number of benzene rings is 3. The molecule has 2 nitrogen and oxygen atoms in total. The van der Waals surface area contributed by atoms with Gasteiger partial charge in [-0.2, -0.15) is 0 Å². The van der Waals surface area contributed by atoms with Gasteiger partial charge in [0, 0.05) is 0 Å². The van der Waals surface area contributed by atoms with Gasteiger partial charge in [-0.1, -0.05) is 72.8 Å². The molecule has 0 saturated carbocycles. The lowest BCUT2D eigenvalue weighted by molar-refractivity contribution is 0.415. The number of aromatic hydroxyl groups is 1. The van der Waals surface area contributed by atoms with Gasteiger partial charge < -0.3 is 9.84 Å². The number of hydrogen-bond acceptors (Lipinski definition) is 2. The maximum absolute atomic E-state index is 9.29. The first-order valence-corrected chi connectivity index (χ1v) is 8.12. The second kappa shape index (κ2) is 8.02. The predicted molar refractivity (Wildman–Crippen MR) is 105 cm³/mol. The zero-order valence-electron chi connectivity index (χ0n) is 14.1. The van der Waals surface area contributed by atoms with Gasteiger partial charge in [-0.05, 0) is 46.5 Å². The Hall–Kier alpha value is -3.26. The van der Waals surface area contributed by atoms with Crippen LogP contribution >= 0.6 is 0 Å². The molecular weight excluding hydrogens is 308 g/mol. The van der Waals surface area contributed by atoms with E-state index in [0.717, 1.165) is 28.0 Å². The van der Waals surface area contributed by atoms with E-state index in [0.29, 0.717) is 0 Å². The lowest BCUT2D eigenvalue weighted by Crippen LogP contribution is -1.81. The summed E-state index contributed by atoms with van der Waals surface area (Å²) in [6, 6.07) is 23.5. The van der Waals surface area contributed by atoms with E-state index in [9.17, 15) is 5.11 Å². The number of rotatable bonds is 5. The van der Waals surface area contributed by atoms with E-state index in [1.165, 1.54) is 0 Å². The molecule has 0 atom stereocenters. The summed E-state index contributed by atoms with van der Waals surface area (Å²) >= 11 is 0. The number of ether oxygens (including phenoxy) is 1. The molecule has 3 aromatic rings. The zero-order valence-corrected chi connectivity index (χ0v) is 14.1. The summed E-state index contributed by atoms with van der Waals surface area (Å²) in [5.41, 5.74) is 4.48. The van der Waals surface area contributed by atoms with Gasteiger partial charge in [0.15, 0.2) is 0 Å². The maximum Gasteiger partial charge on any atom is 0.118 e. The summed E-state index contributed by atoms with van der Waals surface area (Å²) in [4.78, 5) is 0. The van der Waals surface area contributed by atoms with E-state index in [4.69, 9.17) is 4.74 Å². The van der Waals surface area contributed by atoms with Gasteiger partial charge in [0.2, 0.25) is 0 Å². The summed E-state index contributed by atoms with van der Waals surface area (Å²) in [7, 11) is 1.67. The largest absolute Gasteiger partial charge is 0.508 e. The SMILES string of the molecule is COc1ccc(C=Cc2ccc(C=Cc3ccc(O)cc3)cc2)cc1. The Balaban J connectivity index is 1.65. The lowest BCUT2D eigenvalue weighted by Gasteiger charge is -2.00. The summed E-state index contributed by atoms with van der Waals surface area (Å²) in [5, 5.41) is 9.29. The van der Waals surface area contributed by atoms with E-state index in [2.05, 4.69) is 42.5 Å². The first-order valence-electron chi connectivity index (χ1n) is 8.12. The Labute approximate surface area is 148 Å². The molecule has 25 heavy (non-hydrogen) atoms. The minimum atomic E-state index is 0.283. The van der Waals surface area contributed by atoms with Gasteiger partial charge in [-0.25, -0.2) is 0 Å². The average Bonchev–Trinajstić information content (AvgIpc) is 2.67. The van der Waals surface area contributed by atoms with Crippen molar-refractivity contribution in [2.75, 3.05) is 7.11 Å². The molecule has 3 rings (SSSR count). The smallest absolute Gasteiger partial charge is 0.118 e. The summed E-state index contributed by atoms with van der Waals surface area (Å²) in [5.74, 6) is 1.15. The van der Waals surface area contributed by atoms with Crippen LogP contribution in [0.5, 0.6) is 11.5 Å². The van der Waals surface area contributed by atoms with E-state index in [1.54, 1.807) is 19.2 Å². The first-order chi connectivity index (χ1) is 12.2. The summed E-state index contributed by atoms with van der Waals surface area (Å²) in [6.07, 6.45) is 8.26. The van der Waals surface area contributed by atoms with Gasteiger partial charge >= 0.3 is 0 Å². The van der Waals surface area contributed by atoms with Crippen LogP contribution in [0, 0.1) is 0 Å². The highest BCUT2D eigenvalue weighted by atomic mass is 16.5. The van der Waals surface area contributed by atoms with E-state index in [1.807, 2.05) is 42.5 Å². The van der Waals surface area contributed by atoms with Crippen molar-refractivity contribution in [2.45, 2.75) is 0 Å². The highest BCUT2D eigenvalue weighted by Gasteiger charge is 1.93. The second-order valence-electron chi connectivity index (χ2n) is 5.70. The molecular formula is C23H20O2. The van der Waals surface area contributed by atoms with Crippen molar-refractivity contribution in [3.05, 3.63) is 95.1 Å². The van der Waals surface area contributed by atoms with Crippen LogP contribution in [0.2, 0.25) is 0 Å². The second-order valence-corrected chi connectivity index (χ2v) is 5.70. The topological polar surface area (TPSA) is 29.5 Å². The molecule has 0 bridgehead atoms. The van der Waals surface area contributed by atoms with Gasteiger partial charge in [0.25, 0.3) is 0 Å². The van der Waals surface area contributed by atoms with Crippen LogP contribution in [0.4, 0.5) is 0 Å². The molecule has 0 aliphatic rings. The van der Waals surface area contributed by atoms with E-state index >= 15 is 0 Å². The van der Waals surface area contributed by atoms with Crippen molar-refractivity contribution < 1.29 is 9.84 Å². The molecule has 124 valence electrons. The fourth-order valence-corrected chi connectivity index (χ4v) is 2.40. The first kappa shape index (κ1) is 16.6. The third kappa shape index (κ3) is 4.85. The molecule has 0 aromatic heterocycles. The van der Waals surface area contributed by atoms with Crippen LogP contribution in [0.3, 0.4) is 0 Å². The van der Waals surface area contributed by atoms with Gasteiger partial charge in [-0.15, -0.1) is 0 Å². The minimum absolute atomic E-state index is 0.283.